The van der Waals surface area contributed by atoms with E-state index >= 15 is 0 Å². The number of carbonyl (C=O) groups is 1. The summed E-state index contributed by atoms with van der Waals surface area (Å²) in [5, 5.41) is 0. The lowest BCUT2D eigenvalue weighted by atomic mass is 10.0. The molecule has 2 aromatic heterocycles. The summed E-state index contributed by atoms with van der Waals surface area (Å²) in [7, 11) is 0. The normalized spacial score (nSPS) is 16.1. The lowest BCUT2D eigenvalue weighted by molar-refractivity contribution is 0.0188. The summed E-state index contributed by atoms with van der Waals surface area (Å²) >= 11 is 0. The molecule has 3 rings (SSSR count). The summed E-state index contributed by atoms with van der Waals surface area (Å²) in [5.41, 5.74) is -0.0251. The third kappa shape index (κ3) is 3.63. The lowest BCUT2D eigenvalue weighted by Crippen LogP contribution is -2.45. The first-order valence-electron chi connectivity index (χ1n) is 8.76. The van der Waals surface area contributed by atoms with E-state index < -0.39 is 16.7 Å². The summed E-state index contributed by atoms with van der Waals surface area (Å²) < 4.78 is 6.88. The first-order valence-corrected chi connectivity index (χ1v) is 8.76. The maximum atomic E-state index is 12.5. The number of H-pyrrole nitrogens is 1. The van der Waals surface area contributed by atoms with Gasteiger partial charge in [-0.05, 0) is 52.7 Å². The number of fused-ring (bicyclic) bond motifs is 1. The van der Waals surface area contributed by atoms with Gasteiger partial charge < -0.3 is 14.6 Å². The van der Waals surface area contributed by atoms with E-state index in [1.807, 2.05) is 27.7 Å². The van der Waals surface area contributed by atoms with Gasteiger partial charge in [-0.3, -0.25) is 14.2 Å². The number of nitrogens with one attached hydrogen (secondary N) is 1. The van der Waals surface area contributed by atoms with Crippen LogP contribution in [0.4, 0.5) is 4.79 Å². The van der Waals surface area contributed by atoms with Crippen molar-refractivity contribution >= 4 is 17.3 Å². The minimum atomic E-state index is -0.655. The van der Waals surface area contributed by atoms with Crippen molar-refractivity contribution in [3.8, 4) is 0 Å². The van der Waals surface area contributed by atoms with Crippen molar-refractivity contribution in [1.82, 2.24) is 19.4 Å². The molecule has 0 unspecified atom stereocenters. The number of hydrogen-bond donors (Lipinski definition) is 1. The second kappa shape index (κ2) is 6.59. The van der Waals surface area contributed by atoms with E-state index in [0.717, 1.165) is 5.69 Å². The van der Waals surface area contributed by atoms with Crippen molar-refractivity contribution in [2.45, 2.75) is 52.2 Å². The smallest absolute Gasteiger partial charge is 0.410 e. The van der Waals surface area contributed by atoms with Gasteiger partial charge in [-0.25, -0.2) is 9.78 Å². The summed E-state index contributed by atoms with van der Waals surface area (Å²) in [6.07, 6.45) is 0.772. The van der Waals surface area contributed by atoms with E-state index in [0.29, 0.717) is 37.1 Å². The van der Waals surface area contributed by atoms with Crippen LogP contribution in [-0.4, -0.2) is 44.2 Å². The molecule has 8 nitrogen and oxygen atoms in total. The molecule has 26 heavy (non-hydrogen) atoms. The van der Waals surface area contributed by atoms with Crippen molar-refractivity contribution in [3.63, 3.8) is 0 Å². The fraction of sp³-hybridized carbons (Fsp3) is 0.556. The van der Waals surface area contributed by atoms with Gasteiger partial charge in [0, 0.05) is 24.8 Å². The molecule has 0 radical (unpaired) electrons. The Labute approximate surface area is 150 Å². The Bertz CT molecular complexity index is 946. The number of ether oxygens (including phenoxy) is 1. The molecule has 1 N–H and O–H groups in total. The molecule has 1 aliphatic heterocycles. The summed E-state index contributed by atoms with van der Waals surface area (Å²) in [4.78, 5) is 45.3. The van der Waals surface area contributed by atoms with E-state index in [1.54, 1.807) is 17.0 Å². The third-order valence-corrected chi connectivity index (χ3v) is 4.39. The van der Waals surface area contributed by atoms with Gasteiger partial charge >= 0.3 is 17.2 Å². The van der Waals surface area contributed by atoms with E-state index in [1.165, 1.54) is 4.57 Å². The zero-order valence-electron chi connectivity index (χ0n) is 15.5. The van der Waals surface area contributed by atoms with Gasteiger partial charge in [0.25, 0.3) is 0 Å². The molecule has 0 aromatic carbocycles. The Hall–Kier alpha value is -2.64. The molecule has 1 aliphatic rings. The third-order valence-electron chi connectivity index (χ3n) is 4.39. The van der Waals surface area contributed by atoms with Crippen LogP contribution in [0.15, 0.2) is 21.7 Å². The number of pyridine rings is 1. The Morgan fingerprint density at radius 2 is 1.88 bits per heavy atom. The number of aromatic nitrogens is 3. The molecule has 0 saturated carbocycles. The van der Waals surface area contributed by atoms with E-state index in [-0.39, 0.29) is 12.1 Å². The first kappa shape index (κ1) is 18.2. The largest absolute Gasteiger partial charge is 0.444 e. The Kier molecular flexibility index (Phi) is 4.60. The maximum Gasteiger partial charge on any atom is 0.410 e. The number of piperidine rings is 1. The summed E-state index contributed by atoms with van der Waals surface area (Å²) in [5.74, 6) is 0. The number of amides is 1. The molecule has 140 valence electrons. The van der Waals surface area contributed by atoms with Crippen LogP contribution in [-0.2, 0) is 4.74 Å². The van der Waals surface area contributed by atoms with Crippen LogP contribution in [0.1, 0.15) is 45.3 Å². The van der Waals surface area contributed by atoms with E-state index in [9.17, 15) is 14.4 Å². The number of carbonyl (C=O) groups excluding carboxylic acids is 1. The van der Waals surface area contributed by atoms with Crippen LogP contribution in [0.5, 0.6) is 0 Å². The Morgan fingerprint density at radius 3 is 2.50 bits per heavy atom. The van der Waals surface area contributed by atoms with Crippen LogP contribution in [0.25, 0.3) is 11.2 Å². The Balaban J connectivity index is 1.87. The van der Waals surface area contributed by atoms with Gasteiger partial charge in [0.2, 0.25) is 0 Å². The SMILES string of the molecule is Cc1ccc2[nH]c(=O)c(=O)n(C3CCN(C(=O)OC(C)(C)C)CC3)c2n1. The average molecular weight is 360 g/mol. The van der Waals surface area contributed by atoms with Gasteiger partial charge in [-0.1, -0.05) is 0 Å². The number of hydrogen-bond acceptors (Lipinski definition) is 5. The lowest BCUT2D eigenvalue weighted by Gasteiger charge is -2.34. The topological polar surface area (TPSA) is 97.3 Å². The monoisotopic (exact) mass is 360 g/mol. The maximum absolute atomic E-state index is 12.5. The molecule has 3 heterocycles. The molecular weight excluding hydrogens is 336 g/mol. The minimum Gasteiger partial charge on any atom is -0.444 e. The van der Waals surface area contributed by atoms with Crippen LogP contribution in [0.2, 0.25) is 0 Å². The predicted molar refractivity (Wildman–Crippen MR) is 97.4 cm³/mol. The second-order valence-electron chi connectivity index (χ2n) is 7.65. The van der Waals surface area contributed by atoms with Crippen molar-refractivity contribution in [2.75, 3.05) is 13.1 Å². The Morgan fingerprint density at radius 1 is 1.23 bits per heavy atom. The van der Waals surface area contributed by atoms with Gasteiger partial charge in [-0.2, -0.15) is 0 Å². The number of rotatable bonds is 1. The van der Waals surface area contributed by atoms with E-state index in [2.05, 4.69) is 9.97 Å². The highest BCUT2D eigenvalue weighted by Crippen LogP contribution is 2.24. The molecule has 8 heteroatoms. The van der Waals surface area contributed by atoms with Crippen LogP contribution >= 0.6 is 0 Å². The van der Waals surface area contributed by atoms with Crippen LogP contribution < -0.4 is 11.1 Å². The molecule has 0 bridgehead atoms. The molecule has 1 fully saturated rings. The predicted octanol–water partition coefficient (Wildman–Crippen LogP) is 1.97. The number of aromatic amines is 1. The van der Waals surface area contributed by atoms with Gasteiger partial charge in [0.05, 0.1) is 5.52 Å². The fourth-order valence-corrected chi connectivity index (χ4v) is 3.18. The van der Waals surface area contributed by atoms with Crippen LogP contribution in [0, 0.1) is 6.92 Å². The van der Waals surface area contributed by atoms with Gasteiger partial charge in [-0.15, -0.1) is 0 Å². The van der Waals surface area contributed by atoms with Crippen molar-refractivity contribution in [3.05, 3.63) is 38.5 Å². The number of aryl methyl sites for hydroxylation is 1. The highest BCUT2D eigenvalue weighted by molar-refractivity contribution is 5.70. The molecule has 0 atom stereocenters. The molecule has 2 aromatic rings. The standard InChI is InChI=1S/C18H24N4O4/c1-11-5-6-13-14(19-11)22(16(24)15(23)20-13)12-7-9-21(10-8-12)17(25)26-18(2,3)4/h5-6,12H,7-10H2,1-4H3,(H,20,23). The molecule has 0 spiro atoms. The zero-order chi connectivity index (χ0) is 19.1. The fourth-order valence-electron chi connectivity index (χ4n) is 3.18. The van der Waals surface area contributed by atoms with Crippen molar-refractivity contribution in [2.24, 2.45) is 0 Å². The van der Waals surface area contributed by atoms with Gasteiger partial charge in [0.15, 0.2) is 5.65 Å². The highest BCUT2D eigenvalue weighted by atomic mass is 16.6. The van der Waals surface area contributed by atoms with Crippen molar-refractivity contribution < 1.29 is 9.53 Å². The minimum absolute atomic E-state index is 0.180. The zero-order valence-corrected chi connectivity index (χ0v) is 15.5. The number of nitrogens with zero attached hydrogens (tertiary/aromatic N) is 3. The second-order valence-corrected chi connectivity index (χ2v) is 7.65. The summed E-state index contributed by atoms with van der Waals surface area (Å²) in [6.45, 7) is 8.25. The highest BCUT2D eigenvalue weighted by Gasteiger charge is 2.29. The van der Waals surface area contributed by atoms with E-state index in [4.69, 9.17) is 4.74 Å². The average Bonchev–Trinajstić information content (AvgIpc) is 2.55. The number of likely N-dealkylation sites (tertiary alicyclic amines) is 1. The molecule has 0 aliphatic carbocycles. The molecule has 1 amide bonds. The summed E-state index contributed by atoms with van der Waals surface area (Å²) in [6, 6.07) is 3.36. The molecular formula is C18H24N4O4. The van der Waals surface area contributed by atoms with Crippen molar-refractivity contribution in [1.29, 1.82) is 0 Å². The van der Waals surface area contributed by atoms with Crippen LogP contribution in [0.3, 0.4) is 0 Å². The van der Waals surface area contributed by atoms with Gasteiger partial charge in [0.1, 0.15) is 5.60 Å². The first-order chi connectivity index (χ1) is 12.2. The molecule has 1 saturated heterocycles. The quantitative estimate of drug-likeness (QED) is 0.784.